The zero-order valence-corrected chi connectivity index (χ0v) is 21.0. The van der Waals surface area contributed by atoms with Crippen molar-refractivity contribution in [2.45, 2.75) is 54.8 Å². The highest BCUT2D eigenvalue weighted by Crippen LogP contribution is 2.49. The molecule has 0 radical (unpaired) electrons. The SMILES string of the molecule is CSc1nc2c(c(OS(=O)(=O)C(F)(F)F)n1)CCC1(CCc3ccc(OCc4ccccc4)cc31)C2. The van der Waals surface area contributed by atoms with E-state index in [0.717, 1.165) is 41.5 Å². The second kappa shape index (κ2) is 9.26. The van der Waals surface area contributed by atoms with Gasteiger partial charge in [-0.1, -0.05) is 48.2 Å². The van der Waals surface area contributed by atoms with Crippen molar-refractivity contribution in [2.24, 2.45) is 0 Å². The summed E-state index contributed by atoms with van der Waals surface area (Å²) < 4.78 is 72.8. The smallest absolute Gasteiger partial charge is 0.489 e. The average molecular weight is 537 g/mol. The normalized spacial score (nSPS) is 19.1. The Hall–Kier alpha value is -2.79. The number of aromatic nitrogens is 2. The van der Waals surface area contributed by atoms with Crippen LogP contribution in [0.15, 0.2) is 53.7 Å². The van der Waals surface area contributed by atoms with Crippen molar-refractivity contribution in [2.75, 3.05) is 6.26 Å². The Morgan fingerprint density at radius 1 is 1.06 bits per heavy atom. The lowest BCUT2D eigenvalue weighted by atomic mass is 9.69. The summed E-state index contributed by atoms with van der Waals surface area (Å²) in [4.78, 5) is 8.50. The van der Waals surface area contributed by atoms with E-state index in [4.69, 9.17) is 4.74 Å². The standard InChI is InChI=1S/C25H23F3N2O4S2/c1-35-23-29-21-14-24(12-10-19(21)22(30-23)34-36(31,32)25(26,27)28)11-9-17-7-8-18(13-20(17)24)33-15-16-5-3-2-4-6-16/h2-8,13H,9-12,14-15H2,1H3. The number of fused-ring (bicyclic) bond motifs is 3. The molecule has 2 aliphatic rings. The summed E-state index contributed by atoms with van der Waals surface area (Å²) in [6.45, 7) is 0.439. The van der Waals surface area contributed by atoms with Crippen molar-refractivity contribution in [3.05, 3.63) is 76.5 Å². The minimum atomic E-state index is -5.84. The molecular formula is C25H23F3N2O4S2. The minimum Gasteiger partial charge on any atom is -0.489 e. The van der Waals surface area contributed by atoms with Gasteiger partial charge in [0.25, 0.3) is 0 Å². The molecule has 5 rings (SSSR count). The van der Waals surface area contributed by atoms with E-state index in [1.165, 1.54) is 5.56 Å². The third kappa shape index (κ3) is 4.66. The van der Waals surface area contributed by atoms with E-state index in [0.29, 0.717) is 37.1 Å². The molecule has 1 atom stereocenters. The zero-order valence-electron chi connectivity index (χ0n) is 19.3. The molecule has 0 fully saturated rings. The van der Waals surface area contributed by atoms with Gasteiger partial charge in [0.2, 0.25) is 5.88 Å². The molecule has 2 aliphatic carbocycles. The van der Waals surface area contributed by atoms with E-state index in [9.17, 15) is 21.6 Å². The van der Waals surface area contributed by atoms with Gasteiger partial charge in [-0.05, 0) is 67.2 Å². The zero-order chi connectivity index (χ0) is 25.6. The third-order valence-electron chi connectivity index (χ3n) is 6.82. The van der Waals surface area contributed by atoms with Gasteiger partial charge in [-0.15, -0.1) is 0 Å². The lowest BCUT2D eigenvalue weighted by Gasteiger charge is -2.35. The van der Waals surface area contributed by atoms with Gasteiger partial charge in [0.15, 0.2) is 5.16 Å². The first-order valence-electron chi connectivity index (χ1n) is 11.3. The van der Waals surface area contributed by atoms with E-state index in [2.05, 4.69) is 26.3 Å². The Kier molecular flexibility index (Phi) is 6.40. The van der Waals surface area contributed by atoms with Gasteiger partial charge >= 0.3 is 15.6 Å². The molecule has 0 amide bonds. The Balaban J connectivity index is 1.45. The molecule has 6 nitrogen and oxygen atoms in total. The number of nitrogens with zero attached hydrogens (tertiary/aromatic N) is 2. The molecule has 0 bridgehead atoms. The van der Waals surface area contributed by atoms with Crippen molar-refractivity contribution >= 4 is 21.9 Å². The molecule has 190 valence electrons. The van der Waals surface area contributed by atoms with Crippen LogP contribution in [0.3, 0.4) is 0 Å². The van der Waals surface area contributed by atoms with Gasteiger partial charge in [-0.25, -0.2) is 4.98 Å². The van der Waals surface area contributed by atoms with Crippen molar-refractivity contribution < 1.29 is 30.5 Å². The fraction of sp³-hybridized carbons (Fsp3) is 0.360. The Morgan fingerprint density at radius 2 is 1.81 bits per heavy atom. The summed E-state index contributed by atoms with van der Waals surface area (Å²) in [7, 11) is -5.84. The summed E-state index contributed by atoms with van der Waals surface area (Å²) in [6, 6.07) is 15.9. The molecule has 0 saturated carbocycles. The molecule has 0 saturated heterocycles. The fourth-order valence-electron chi connectivity index (χ4n) is 5.02. The monoisotopic (exact) mass is 536 g/mol. The molecule has 2 aromatic carbocycles. The minimum absolute atomic E-state index is 0.163. The number of alkyl halides is 3. The second-order valence-corrected chi connectivity index (χ2v) is 11.3. The topological polar surface area (TPSA) is 78.4 Å². The van der Waals surface area contributed by atoms with Crippen LogP contribution in [0.2, 0.25) is 0 Å². The first-order valence-corrected chi connectivity index (χ1v) is 14.0. The van der Waals surface area contributed by atoms with Crippen molar-refractivity contribution in [1.82, 2.24) is 9.97 Å². The molecule has 1 aromatic heterocycles. The van der Waals surface area contributed by atoms with E-state index in [1.54, 1.807) is 6.26 Å². The van der Waals surface area contributed by atoms with Crippen molar-refractivity contribution in [3.8, 4) is 11.6 Å². The van der Waals surface area contributed by atoms with Crippen LogP contribution < -0.4 is 8.92 Å². The Morgan fingerprint density at radius 3 is 2.53 bits per heavy atom. The number of hydrogen-bond acceptors (Lipinski definition) is 7. The van der Waals surface area contributed by atoms with Crippen LogP contribution in [0.4, 0.5) is 13.2 Å². The quantitative estimate of drug-likeness (QED) is 0.181. The van der Waals surface area contributed by atoms with Crippen LogP contribution in [0.25, 0.3) is 0 Å². The summed E-state index contributed by atoms with van der Waals surface area (Å²) in [5, 5.41) is 0.163. The second-order valence-electron chi connectivity index (χ2n) is 8.97. The van der Waals surface area contributed by atoms with Gasteiger partial charge in [0, 0.05) is 11.0 Å². The molecule has 11 heteroatoms. The number of aryl methyl sites for hydroxylation is 1. The molecule has 1 heterocycles. The maximum atomic E-state index is 13.0. The fourth-order valence-corrected chi connectivity index (χ4v) is 5.83. The highest BCUT2D eigenvalue weighted by Gasteiger charge is 2.50. The molecule has 36 heavy (non-hydrogen) atoms. The first kappa shape index (κ1) is 24.9. The van der Waals surface area contributed by atoms with E-state index < -0.39 is 21.5 Å². The van der Waals surface area contributed by atoms with E-state index in [-0.39, 0.29) is 10.6 Å². The van der Waals surface area contributed by atoms with Crippen LogP contribution in [-0.4, -0.2) is 30.1 Å². The largest absolute Gasteiger partial charge is 0.534 e. The van der Waals surface area contributed by atoms with Gasteiger partial charge in [0.05, 0.1) is 5.69 Å². The lowest BCUT2D eigenvalue weighted by Crippen LogP contribution is -2.33. The van der Waals surface area contributed by atoms with Gasteiger partial charge in [0.1, 0.15) is 12.4 Å². The van der Waals surface area contributed by atoms with Crippen LogP contribution in [-0.2, 0) is 41.4 Å². The Bertz CT molecular complexity index is 1400. The summed E-state index contributed by atoms with van der Waals surface area (Å²) >= 11 is 1.11. The number of hydrogen-bond donors (Lipinski definition) is 0. The first-order chi connectivity index (χ1) is 17.1. The van der Waals surface area contributed by atoms with Crippen LogP contribution in [0.1, 0.15) is 40.8 Å². The highest BCUT2D eigenvalue weighted by atomic mass is 32.2. The molecule has 3 aromatic rings. The maximum absolute atomic E-state index is 13.0. The van der Waals surface area contributed by atoms with Crippen LogP contribution >= 0.6 is 11.8 Å². The van der Waals surface area contributed by atoms with Crippen LogP contribution in [0, 0.1) is 0 Å². The summed E-state index contributed by atoms with van der Waals surface area (Å²) in [5.41, 5.74) is -1.55. The van der Waals surface area contributed by atoms with E-state index in [1.807, 2.05) is 36.4 Å². The summed E-state index contributed by atoms with van der Waals surface area (Å²) in [5.74, 6) is 0.215. The molecule has 0 aliphatic heterocycles. The predicted molar refractivity (Wildman–Crippen MR) is 129 cm³/mol. The van der Waals surface area contributed by atoms with Crippen molar-refractivity contribution in [1.29, 1.82) is 0 Å². The molecule has 0 N–H and O–H groups in total. The number of rotatable bonds is 6. The lowest BCUT2D eigenvalue weighted by molar-refractivity contribution is -0.0502. The summed E-state index contributed by atoms with van der Waals surface area (Å²) in [6.07, 6.45) is 4.77. The number of halogens is 3. The van der Waals surface area contributed by atoms with E-state index >= 15 is 0 Å². The third-order valence-corrected chi connectivity index (χ3v) is 8.31. The Labute approximate surface area is 211 Å². The molecule has 1 unspecified atom stereocenters. The van der Waals surface area contributed by atoms with Crippen molar-refractivity contribution in [3.63, 3.8) is 0 Å². The molecular weight excluding hydrogens is 513 g/mol. The average Bonchev–Trinajstić information content (AvgIpc) is 3.19. The van der Waals surface area contributed by atoms with Gasteiger partial charge in [-0.3, -0.25) is 0 Å². The van der Waals surface area contributed by atoms with Crippen LogP contribution in [0.5, 0.6) is 11.6 Å². The molecule has 1 spiro atoms. The maximum Gasteiger partial charge on any atom is 0.534 e. The number of ether oxygens (including phenoxy) is 1. The van der Waals surface area contributed by atoms with Gasteiger partial charge < -0.3 is 8.92 Å². The highest BCUT2D eigenvalue weighted by molar-refractivity contribution is 7.98. The number of thioether (sulfide) groups is 1. The van der Waals surface area contributed by atoms with Gasteiger partial charge in [-0.2, -0.15) is 26.6 Å². The predicted octanol–water partition coefficient (Wildman–Crippen LogP) is 5.38. The number of benzene rings is 2.